The minimum atomic E-state index is 0. The molecule has 2 N–H and O–H groups in total. The molecular formula is C16H23IN4S. The van der Waals surface area contributed by atoms with Gasteiger partial charge >= 0.3 is 0 Å². The van der Waals surface area contributed by atoms with Gasteiger partial charge in [0, 0.05) is 18.3 Å². The quantitative estimate of drug-likeness (QED) is 0.438. The Labute approximate surface area is 154 Å². The SMILES string of the molecule is CCNC(=NCc1ccc(C#N)cc1)NC1CCCSC1.I. The van der Waals surface area contributed by atoms with Crippen molar-refractivity contribution in [3.8, 4) is 6.07 Å². The molecule has 1 aromatic carbocycles. The average molecular weight is 430 g/mol. The number of hydrogen-bond acceptors (Lipinski definition) is 3. The molecule has 1 saturated heterocycles. The highest BCUT2D eigenvalue weighted by molar-refractivity contribution is 14.0. The molecule has 0 spiro atoms. The van der Waals surface area contributed by atoms with Crippen LogP contribution in [-0.4, -0.2) is 30.1 Å². The Bertz CT molecular complexity index is 504. The van der Waals surface area contributed by atoms with Gasteiger partial charge in [-0.25, -0.2) is 4.99 Å². The summed E-state index contributed by atoms with van der Waals surface area (Å²) in [5.41, 5.74) is 1.80. The van der Waals surface area contributed by atoms with Crippen LogP contribution in [0.15, 0.2) is 29.3 Å². The van der Waals surface area contributed by atoms with Crippen molar-refractivity contribution in [3.05, 3.63) is 35.4 Å². The summed E-state index contributed by atoms with van der Waals surface area (Å²) in [6, 6.07) is 10.2. The van der Waals surface area contributed by atoms with E-state index >= 15 is 0 Å². The van der Waals surface area contributed by atoms with Crippen molar-refractivity contribution in [2.45, 2.75) is 32.4 Å². The summed E-state index contributed by atoms with van der Waals surface area (Å²) in [6.45, 7) is 3.56. The molecule has 1 heterocycles. The zero-order chi connectivity index (χ0) is 14.9. The van der Waals surface area contributed by atoms with Crippen molar-refractivity contribution in [2.24, 2.45) is 4.99 Å². The molecule has 0 amide bonds. The van der Waals surface area contributed by atoms with E-state index in [-0.39, 0.29) is 24.0 Å². The molecule has 0 radical (unpaired) electrons. The van der Waals surface area contributed by atoms with Crippen molar-refractivity contribution < 1.29 is 0 Å². The molecule has 0 aliphatic carbocycles. The molecule has 22 heavy (non-hydrogen) atoms. The van der Waals surface area contributed by atoms with Gasteiger partial charge in [-0.15, -0.1) is 24.0 Å². The van der Waals surface area contributed by atoms with E-state index < -0.39 is 0 Å². The first-order valence-electron chi connectivity index (χ1n) is 7.43. The van der Waals surface area contributed by atoms with Gasteiger partial charge in [0.1, 0.15) is 0 Å². The Kier molecular flexibility index (Phi) is 9.32. The predicted octanol–water partition coefficient (Wildman–Crippen LogP) is 3.13. The highest BCUT2D eigenvalue weighted by Gasteiger charge is 2.14. The van der Waals surface area contributed by atoms with Crippen LogP contribution >= 0.6 is 35.7 Å². The third kappa shape index (κ3) is 6.44. The fraction of sp³-hybridized carbons (Fsp3) is 0.500. The van der Waals surface area contributed by atoms with E-state index in [2.05, 4.69) is 28.6 Å². The van der Waals surface area contributed by atoms with Gasteiger partial charge in [0.2, 0.25) is 0 Å². The van der Waals surface area contributed by atoms with Crippen molar-refractivity contribution in [1.82, 2.24) is 10.6 Å². The standard InChI is InChI=1S/C16H22N4S.HI/c1-2-18-16(20-15-4-3-9-21-12-15)19-11-14-7-5-13(10-17)6-8-14;/h5-8,15H,2-4,9,11-12H2,1H3,(H2,18,19,20);1H. The summed E-state index contributed by atoms with van der Waals surface area (Å²) < 4.78 is 0. The molecular weight excluding hydrogens is 407 g/mol. The molecule has 0 aromatic heterocycles. The van der Waals surface area contributed by atoms with Gasteiger partial charge in [0.25, 0.3) is 0 Å². The molecule has 1 aromatic rings. The summed E-state index contributed by atoms with van der Waals surface area (Å²) >= 11 is 2.01. The lowest BCUT2D eigenvalue weighted by Gasteiger charge is -2.24. The van der Waals surface area contributed by atoms with E-state index in [1.165, 1.54) is 18.6 Å². The van der Waals surface area contributed by atoms with Crippen molar-refractivity contribution in [2.75, 3.05) is 18.1 Å². The minimum Gasteiger partial charge on any atom is -0.357 e. The van der Waals surface area contributed by atoms with Crippen LogP contribution in [-0.2, 0) is 6.54 Å². The molecule has 1 unspecified atom stereocenters. The number of nitrogens with zero attached hydrogens (tertiary/aromatic N) is 2. The Morgan fingerprint density at radius 3 is 2.77 bits per heavy atom. The monoisotopic (exact) mass is 430 g/mol. The van der Waals surface area contributed by atoms with Gasteiger partial charge in [-0.05, 0) is 43.2 Å². The normalized spacial score (nSPS) is 18.0. The van der Waals surface area contributed by atoms with Gasteiger partial charge in [0.15, 0.2) is 5.96 Å². The van der Waals surface area contributed by atoms with Crippen LogP contribution < -0.4 is 10.6 Å². The third-order valence-corrected chi connectivity index (χ3v) is 4.56. The van der Waals surface area contributed by atoms with E-state index in [9.17, 15) is 0 Å². The summed E-state index contributed by atoms with van der Waals surface area (Å²) in [5, 5.41) is 15.6. The summed E-state index contributed by atoms with van der Waals surface area (Å²) in [4.78, 5) is 4.64. The fourth-order valence-electron chi connectivity index (χ4n) is 2.22. The molecule has 120 valence electrons. The van der Waals surface area contributed by atoms with Crippen molar-refractivity contribution >= 4 is 41.7 Å². The Morgan fingerprint density at radius 1 is 1.41 bits per heavy atom. The molecule has 6 heteroatoms. The largest absolute Gasteiger partial charge is 0.357 e. The molecule has 0 bridgehead atoms. The first kappa shape index (κ1) is 19.1. The maximum absolute atomic E-state index is 8.80. The fourth-order valence-corrected chi connectivity index (χ4v) is 3.29. The second kappa shape index (κ2) is 10.7. The number of rotatable bonds is 4. The van der Waals surface area contributed by atoms with Crippen LogP contribution in [0.4, 0.5) is 0 Å². The highest BCUT2D eigenvalue weighted by Crippen LogP contribution is 2.16. The van der Waals surface area contributed by atoms with E-state index in [1.807, 2.05) is 36.0 Å². The van der Waals surface area contributed by atoms with Crippen molar-refractivity contribution in [3.63, 3.8) is 0 Å². The zero-order valence-corrected chi connectivity index (χ0v) is 16.0. The Hall–Kier alpha value is -0.940. The van der Waals surface area contributed by atoms with Gasteiger partial charge in [-0.1, -0.05) is 12.1 Å². The summed E-state index contributed by atoms with van der Waals surface area (Å²) in [6.07, 6.45) is 2.49. The number of aliphatic imine (C=N–C) groups is 1. The van der Waals surface area contributed by atoms with Gasteiger partial charge in [0.05, 0.1) is 18.2 Å². The van der Waals surface area contributed by atoms with Crippen LogP contribution in [0.2, 0.25) is 0 Å². The Balaban J connectivity index is 0.00000242. The van der Waals surface area contributed by atoms with Gasteiger partial charge in [-0.2, -0.15) is 17.0 Å². The van der Waals surface area contributed by atoms with E-state index in [0.717, 1.165) is 23.8 Å². The predicted molar refractivity (Wildman–Crippen MR) is 105 cm³/mol. The van der Waals surface area contributed by atoms with Crippen LogP contribution in [0, 0.1) is 11.3 Å². The smallest absolute Gasteiger partial charge is 0.191 e. The first-order valence-corrected chi connectivity index (χ1v) is 8.59. The maximum Gasteiger partial charge on any atom is 0.191 e. The van der Waals surface area contributed by atoms with Crippen LogP contribution in [0.25, 0.3) is 0 Å². The van der Waals surface area contributed by atoms with Crippen LogP contribution in [0.5, 0.6) is 0 Å². The van der Waals surface area contributed by atoms with Crippen molar-refractivity contribution in [1.29, 1.82) is 5.26 Å². The van der Waals surface area contributed by atoms with E-state index in [4.69, 9.17) is 5.26 Å². The molecule has 1 atom stereocenters. The lowest BCUT2D eigenvalue weighted by molar-refractivity contribution is 0.582. The topological polar surface area (TPSA) is 60.2 Å². The number of hydrogen-bond donors (Lipinski definition) is 2. The maximum atomic E-state index is 8.80. The molecule has 1 fully saturated rings. The van der Waals surface area contributed by atoms with E-state index in [0.29, 0.717) is 18.2 Å². The number of nitrogens with one attached hydrogen (secondary N) is 2. The number of halogens is 1. The highest BCUT2D eigenvalue weighted by atomic mass is 127. The molecule has 0 saturated carbocycles. The zero-order valence-electron chi connectivity index (χ0n) is 12.8. The molecule has 2 rings (SSSR count). The molecule has 1 aliphatic heterocycles. The third-order valence-electron chi connectivity index (χ3n) is 3.35. The minimum absolute atomic E-state index is 0. The Morgan fingerprint density at radius 2 is 2.18 bits per heavy atom. The number of nitriles is 1. The second-order valence-corrected chi connectivity index (χ2v) is 6.21. The summed E-state index contributed by atoms with van der Waals surface area (Å²) in [5.74, 6) is 3.31. The van der Waals surface area contributed by atoms with Gasteiger partial charge < -0.3 is 10.6 Å². The average Bonchev–Trinajstić information content (AvgIpc) is 2.54. The second-order valence-electron chi connectivity index (χ2n) is 5.06. The molecule has 4 nitrogen and oxygen atoms in total. The summed E-state index contributed by atoms with van der Waals surface area (Å²) in [7, 11) is 0. The van der Waals surface area contributed by atoms with Crippen LogP contribution in [0.1, 0.15) is 30.9 Å². The first-order chi connectivity index (χ1) is 10.3. The number of guanidine groups is 1. The number of thioether (sulfide) groups is 1. The van der Waals surface area contributed by atoms with E-state index in [1.54, 1.807) is 0 Å². The molecule has 1 aliphatic rings. The van der Waals surface area contributed by atoms with Crippen LogP contribution in [0.3, 0.4) is 0 Å². The van der Waals surface area contributed by atoms with Gasteiger partial charge in [-0.3, -0.25) is 0 Å². The number of benzene rings is 1. The lowest BCUT2D eigenvalue weighted by Crippen LogP contribution is -2.45. The lowest BCUT2D eigenvalue weighted by atomic mass is 10.1.